The molecule has 0 bridgehead atoms. The summed E-state index contributed by atoms with van der Waals surface area (Å²) in [7, 11) is 0. The summed E-state index contributed by atoms with van der Waals surface area (Å²) in [5.74, 6) is 1.40. The van der Waals surface area contributed by atoms with E-state index < -0.39 is 6.29 Å². The average Bonchev–Trinajstić information content (AvgIpc) is 2.92. The summed E-state index contributed by atoms with van der Waals surface area (Å²) in [6, 6.07) is 24.1. The summed E-state index contributed by atoms with van der Waals surface area (Å²) < 4.78 is 12.7. The number of nitrogens with one attached hydrogen (secondary N) is 1. The first-order valence-corrected chi connectivity index (χ1v) is 13.3. The van der Waals surface area contributed by atoms with Crippen molar-refractivity contribution in [3.8, 4) is 11.1 Å². The number of ether oxygens (including phenoxy) is 2. The molecule has 1 heterocycles. The molecule has 1 fully saturated rings. The maximum atomic E-state index is 11.4. The largest absolute Gasteiger partial charge is 0.396 e. The molecule has 1 saturated heterocycles. The van der Waals surface area contributed by atoms with Crippen molar-refractivity contribution in [1.82, 2.24) is 5.32 Å². The maximum absolute atomic E-state index is 11.4. The number of thioether (sulfide) groups is 1. The van der Waals surface area contributed by atoms with Crippen LogP contribution in [0.15, 0.2) is 72.8 Å². The lowest BCUT2D eigenvalue weighted by molar-refractivity contribution is -0.245. The van der Waals surface area contributed by atoms with E-state index in [1.807, 2.05) is 54.6 Å². The van der Waals surface area contributed by atoms with E-state index in [0.29, 0.717) is 12.3 Å². The van der Waals surface area contributed by atoms with Crippen molar-refractivity contribution in [2.45, 2.75) is 45.0 Å². The normalized spacial score (nSPS) is 19.7. The van der Waals surface area contributed by atoms with Crippen molar-refractivity contribution < 1.29 is 24.5 Å². The fourth-order valence-corrected chi connectivity index (χ4v) is 5.07. The molecule has 0 aromatic heterocycles. The minimum atomic E-state index is -0.510. The molecule has 0 radical (unpaired) electrons. The number of carbonyl (C=O) groups is 1. The second-order valence-electron chi connectivity index (χ2n) is 8.84. The monoisotopic (exact) mass is 507 g/mol. The number of rotatable bonds is 10. The molecular formula is C29H33NO5S. The standard InChI is InChI=1S/C29H33NO5S/c1-20(33)30-17-25-4-2-3-5-27(25)22-10-12-24(13-11-22)29-34-26(19-36-15-14-31)16-28(35-29)23-8-6-21(18-32)7-9-23/h2-13,26,28-29,31-32H,14-19H2,1H3,(H,30,33). The van der Waals surface area contributed by atoms with Gasteiger partial charge >= 0.3 is 0 Å². The molecule has 3 aromatic rings. The molecule has 7 heteroatoms. The molecular weight excluding hydrogens is 474 g/mol. The van der Waals surface area contributed by atoms with Crippen LogP contribution in [0.2, 0.25) is 0 Å². The van der Waals surface area contributed by atoms with Crippen molar-refractivity contribution in [1.29, 1.82) is 0 Å². The lowest BCUT2D eigenvalue weighted by Gasteiger charge is -2.36. The SMILES string of the molecule is CC(=O)NCc1ccccc1-c1ccc(C2OC(CSCCO)CC(c3ccc(CO)cc3)O2)cc1. The average molecular weight is 508 g/mol. The van der Waals surface area contributed by atoms with Gasteiger partial charge in [0.1, 0.15) is 0 Å². The van der Waals surface area contributed by atoms with E-state index in [4.69, 9.17) is 9.47 Å². The Balaban J connectivity index is 1.53. The number of amides is 1. The van der Waals surface area contributed by atoms with E-state index in [9.17, 15) is 15.0 Å². The van der Waals surface area contributed by atoms with Gasteiger partial charge in [-0.2, -0.15) is 11.8 Å². The third-order valence-corrected chi connectivity index (χ3v) is 7.27. The number of hydrogen-bond donors (Lipinski definition) is 3. The quantitative estimate of drug-likeness (QED) is 0.343. The highest BCUT2D eigenvalue weighted by Gasteiger charge is 2.32. The third-order valence-electron chi connectivity index (χ3n) is 6.19. The molecule has 36 heavy (non-hydrogen) atoms. The van der Waals surface area contributed by atoms with Crippen molar-refractivity contribution in [3.05, 3.63) is 95.1 Å². The van der Waals surface area contributed by atoms with Crippen LogP contribution < -0.4 is 5.32 Å². The lowest BCUT2D eigenvalue weighted by atomic mass is 9.98. The molecule has 1 aliphatic rings. The Morgan fingerprint density at radius 3 is 2.39 bits per heavy atom. The molecule has 1 aliphatic heterocycles. The summed E-state index contributed by atoms with van der Waals surface area (Å²) in [6.45, 7) is 2.16. The molecule has 3 atom stereocenters. The van der Waals surface area contributed by atoms with Crippen LogP contribution in [0.5, 0.6) is 0 Å². The van der Waals surface area contributed by atoms with E-state index >= 15 is 0 Å². The van der Waals surface area contributed by atoms with Gasteiger partial charge in [0.2, 0.25) is 5.91 Å². The summed E-state index contributed by atoms with van der Waals surface area (Å²) in [6.07, 6.45) is 0.0713. The van der Waals surface area contributed by atoms with Gasteiger partial charge in [-0.3, -0.25) is 4.79 Å². The minimum absolute atomic E-state index is 0.0122. The Hall–Kier alpha value is -2.68. The fourth-order valence-electron chi connectivity index (χ4n) is 4.30. The first kappa shape index (κ1) is 26.4. The van der Waals surface area contributed by atoms with Crippen molar-refractivity contribution >= 4 is 17.7 Å². The molecule has 0 saturated carbocycles. The smallest absolute Gasteiger partial charge is 0.217 e. The van der Waals surface area contributed by atoms with Crippen LogP contribution in [-0.4, -0.2) is 40.3 Å². The topological polar surface area (TPSA) is 88.0 Å². The lowest BCUT2D eigenvalue weighted by Crippen LogP contribution is -2.31. The van der Waals surface area contributed by atoms with Crippen LogP contribution in [0.3, 0.4) is 0 Å². The Bertz CT molecular complexity index is 1120. The van der Waals surface area contributed by atoms with Crippen LogP contribution in [0.1, 0.15) is 48.0 Å². The van der Waals surface area contributed by atoms with Crippen molar-refractivity contribution in [3.63, 3.8) is 0 Å². The highest BCUT2D eigenvalue weighted by molar-refractivity contribution is 7.99. The van der Waals surface area contributed by atoms with Crippen molar-refractivity contribution in [2.24, 2.45) is 0 Å². The van der Waals surface area contributed by atoms with Gasteiger partial charge in [-0.15, -0.1) is 0 Å². The van der Waals surface area contributed by atoms with Crippen LogP contribution in [0.4, 0.5) is 0 Å². The predicted molar refractivity (Wildman–Crippen MR) is 142 cm³/mol. The van der Waals surface area contributed by atoms with Gasteiger partial charge in [-0.1, -0.05) is 72.8 Å². The molecule has 190 valence electrons. The molecule has 3 unspecified atom stereocenters. The first-order chi connectivity index (χ1) is 17.6. The number of aliphatic hydroxyl groups excluding tert-OH is 2. The number of carbonyl (C=O) groups excluding carboxylic acids is 1. The molecule has 0 aliphatic carbocycles. The molecule has 1 amide bonds. The second kappa shape index (κ2) is 13.0. The number of benzene rings is 3. The number of aliphatic hydroxyl groups is 2. The zero-order chi connectivity index (χ0) is 25.3. The Morgan fingerprint density at radius 1 is 0.972 bits per heavy atom. The zero-order valence-electron chi connectivity index (χ0n) is 20.4. The summed E-state index contributed by atoms with van der Waals surface area (Å²) >= 11 is 1.67. The fraction of sp³-hybridized carbons (Fsp3) is 0.345. The van der Waals surface area contributed by atoms with Gasteiger partial charge in [0, 0.05) is 37.0 Å². The minimum Gasteiger partial charge on any atom is -0.396 e. The van der Waals surface area contributed by atoms with Crippen LogP contribution in [-0.2, 0) is 27.4 Å². The summed E-state index contributed by atoms with van der Waals surface area (Å²) in [5.41, 5.74) is 6.04. The van der Waals surface area contributed by atoms with E-state index in [0.717, 1.165) is 45.6 Å². The Kier molecular flexibility index (Phi) is 9.55. The Morgan fingerprint density at radius 2 is 1.69 bits per heavy atom. The maximum Gasteiger partial charge on any atom is 0.217 e. The van der Waals surface area contributed by atoms with Gasteiger partial charge in [-0.25, -0.2) is 0 Å². The molecule has 0 spiro atoms. The van der Waals surface area contributed by atoms with Crippen LogP contribution in [0.25, 0.3) is 11.1 Å². The van der Waals surface area contributed by atoms with E-state index in [1.165, 1.54) is 6.92 Å². The zero-order valence-corrected chi connectivity index (χ0v) is 21.2. The second-order valence-corrected chi connectivity index (χ2v) is 9.99. The first-order valence-electron chi connectivity index (χ1n) is 12.2. The van der Waals surface area contributed by atoms with Gasteiger partial charge in [0.15, 0.2) is 6.29 Å². The highest BCUT2D eigenvalue weighted by Crippen LogP contribution is 2.39. The van der Waals surface area contributed by atoms with Gasteiger partial charge < -0.3 is 25.0 Å². The van der Waals surface area contributed by atoms with E-state index in [-0.39, 0.29) is 31.3 Å². The predicted octanol–water partition coefficient (Wildman–Crippen LogP) is 4.75. The highest BCUT2D eigenvalue weighted by atomic mass is 32.2. The van der Waals surface area contributed by atoms with Crippen LogP contribution in [0, 0.1) is 0 Å². The van der Waals surface area contributed by atoms with Gasteiger partial charge in [-0.05, 0) is 27.8 Å². The molecule has 6 nitrogen and oxygen atoms in total. The van der Waals surface area contributed by atoms with Gasteiger partial charge in [0.25, 0.3) is 0 Å². The van der Waals surface area contributed by atoms with E-state index in [2.05, 4.69) is 23.5 Å². The summed E-state index contributed by atoms with van der Waals surface area (Å²) in [4.78, 5) is 11.4. The summed E-state index contributed by atoms with van der Waals surface area (Å²) in [5, 5.41) is 21.4. The van der Waals surface area contributed by atoms with E-state index in [1.54, 1.807) is 11.8 Å². The van der Waals surface area contributed by atoms with Crippen LogP contribution >= 0.6 is 11.8 Å². The number of hydrogen-bond acceptors (Lipinski definition) is 6. The molecule has 3 aromatic carbocycles. The Labute approximate surface area is 216 Å². The van der Waals surface area contributed by atoms with Gasteiger partial charge in [0.05, 0.1) is 25.4 Å². The third kappa shape index (κ3) is 6.96. The van der Waals surface area contributed by atoms with Crippen molar-refractivity contribution in [2.75, 3.05) is 18.1 Å². The molecule has 4 rings (SSSR count). The molecule has 3 N–H and O–H groups in total.